The third-order valence-corrected chi connectivity index (χ3v) is 5.32. The van der Waals surface area contributed by atoms with Crippen molar-refractivity contribution in [2.45, 2.75) is 45.3 Å². The van der Waals surface area contributed by atoms with Crippen LogP contribution >= 0.6 is 0 Å². The van der Waals surface area contributed by atoms with E-state index in [0.717, 1.165) is 22.3 Å². The van der Waals surface area contributed by atoms with E-state index < -0.39 is 11.6 Å². The van der Waals surface area contributed by atoms with Crippen molar-refractivity contribution in [2.75, 3.05) is 13.7 Å². The molecule has 0 unspecified atom stereocenters. The maximum absolute atomic E-state index is 12.7. The molecule has 1 amide bonds. The number of hydrogen-bond donors (Lipinski definition) is 2. The van der Waals surface area contributed by atoms with Crippen LogP contribution in [0.5, 0.6) is 5.75 Å². The fourth-order valence-electron chi connectivity index (χ4n) is 3.53. The summed E-state index contributed by atoms with van der Waals surface area (Å²) in [5.41, 5.74) is 3.12. The Hall–Kier alpha value is -2.86. The Kier molecular flexibility index (Phi) is 5.94. The molecule has 29 heavy (non-hydrogen) atoms. The second-order valence-electron chi connectivity index (χ2n) is 7.62. The summed E-state index contributed by atoms with van der Waals surface area (Å²) in [5.74, 6) is -0.496. The number of aryl methyl sites for hydroxylation is 1. The molecule has 154 valence electrons. The van der Waals surface area contributed by atoms with Gasteiger partial charge in [-0.2, -0.15) is 0 Å². The van der Waals surface area contributed by atoms with Crippen LogP contribution in [0.4, 0.5) is 0 Å². The number of aliphatic carboxylic acids is 1. The number of aliphatic hydroxyl groups is 1. The Labute approximate surface area is 170 Å². The number of hydrogen-bond acceptors (Lipinski definition) is 4. The monoisotopic (exact) mass is 397 g/mol. The van der Waals surface area contributed by atoms with Gasteiger partial charge < -0.3 is 19.8 Å². The van der Waals surface area contributed by atoms with Gasteiger partial charge in [-0.15, -0.1) is 0 Å². The Morgan fingerprint density at radius 3 is 2.45 bits per heavy atom. The Bertz CT molecular complexity index is 933. The zero-order valence-electron chi connectivity index (χ0n) is 17.1. The summed E-state index contributed by atoms with van der Waals surface area (Å²) in [4.78, 5) is 25.5. The smallest absolute Gasteiger partial charge is 0.307 e. The van der Waals surface area contributed by atoms with Crippen molar-refractivity contribution in [3.8, 4) is 16.9 Å². The predicted molar refractivity (Wildman–Crippen MR) is 110 cm³/mol. The van der Waals surface area contributed by atoms with E-state index >= 15 is 0 Å². The quantitative estimate of drug-likeness (QED) is 0.714. The number of carboxylic acids is 1. The third kappa shape index (κ3) is 4.59. The molecule has 0 spiro atoms. The van der Waals surface area contributed by atoms with Crippen molar-refractivity contribution >= 4 is 11.9 Å². The summed E-state index contributed by atoms with van der Waals surface area (Å²) in [6, 6.07) is 11.3. The fourth-order valence-corrected chi connectivity index (χ4v) is 3.53. The first-order valence-electron chi connectivity index (χ1n) is 9.77. The van der Waals surface area contributed by atoms with E-state index in [9.17, 15) is 14.7 Å². The molecule has 1 saturated carbocycles. The van der Waals surface area contributed by atoms with E-state index in [1.165, 1.54) is 0 Å². The minimum atomic E-state index is -1.21. The number of carbonyl (C=O) groups excluding carboxylic acids is 1. The minimum Gasteiger partial charge on any atom is -0.496 e. The lowest BCUT2D eigenvalue weighted by molar-refractivity contribution is -0.143. The van der Waals surface area contributed by atoms with Gasteiger partial charge in [-0.1, -0.05) is 29.8 Å². The summed E-state index contributed by atoms with van der Waals surface area (Å²) in [7, 11) is 1.58. The molecule has 3 rings (SSSR count). The van der Waals surface area contributed by atoms with Gasteiger partial charge in [0.2, 0.25) is 0 Å². The molecule has 0 aliphatic heterocycles. The second-order valence-corrected chi connectivity index (χ2v) is 7.62. The number of nitrogens with zero attached hydrogens (tertiary/aromatic N) is 1. The van der Waals surface area contributed by atoms with E-state index in [4.69, 9.17) is 9.84 Å². The molecule has 6 heteroatoms. The predicted octanol–water partition coefficient (Wildman–Crippen LogP) is 3.17. The lowest BCUT2D eigenvalue weighted by atomic mass is 9.94. The van der Waals surface area contributed by atoms with E-state index in [0.29, 0.717) is 37.2 Å². The molecule has 2 aromatic carbocycles. The van der Waals surface area contributed by atoms with Crippen LogP contribution in [0.2, 0.25) is 0 Å². The Morgan fingerprint density at radius 2 is 1.86 bits per heavy atom. The number of benzene rings is 2. The normalized spacial score (nSPS) is 14.3. The van der Waals surface area contributed by atoms with E-state index in [2.05, 4.69) is 0 Å². The summed E-state index contributed by atoms with van der Waals surface area (Å²) >= 11 is 0. The van der Waals surface area contributed by atoms with Gasteiger partial charge in [0.1, 0.15) is 11.4 Å². The number of likely N-dealkylation sites (N-methyl/N-ethyl adjacent to an activating group) is 1. The molecule has 0 bridgehead atoms. The zero-order chi connectivity index (χ0) is 21.2. The number of amides is 1. The standard InChI is InChI=1S/C23H27NO5/c1-4-24(22(27)23(28)9-10-23)14-17-11-15(2)5-7-18(17)19-12-16(13-21(25)26)6-8-20(19)29-3/h5-8,11-12,28H,4,9-10,13-14H2,1-3H3,(H,25,26). The average Bonchev–Trinajstić information content (AvgIpc) is 3.44. The van der Waals surface area contributed by atoms with Gasteiger partial charge in [0.25, 0.3) is 5.91 Å². The molecule has 2 N–H and O–H groups in total. The number of carbonyl (C=O) groups is 2. The number of rotatable bonds is 8. The lowest BCUT2D eigenvalue weighted by Crippen LogP contribution is -2.40. The minimum absolute atomic E-state index is 0.0786. The van der Waals surface area contributed by atoms with Gasteiger partial charge in [0, 0.05) is 18.7 Å². The van der Waals surface area contributed by atoms with E-state index in [1.54, 1.807) is 24.1 Å². The summed E-state index contributed by atoms with van der Waals surface area (Å²) < 4.78 is 5.52. The topological polar surface area (TPSA) is 87.1 Å². The molecule has 1 aliphatic rings. The van der Waals surface area contributed by atoms with Crippen molar-refractivity contribution in [3.05, 3.63) is 53.1 Å². The van der Waals surface area contributed by atoms with Crippen LogP contribution in [0, 0.1) is 6.92 Å². The van der Waals surface area contributed by atoms with Gasteiger partial charge in [0.15, 0.2) is 0 Å². The third-order valence-electron chi connectivity index (χ3n) is 5.32. The largest absolute Gasteiger partial charge is 0.496 e. The maximum Gasteiger partial charge on any atom is 0.307 e. The average molecular weight is 397 g/mol. The highest BCUT2D eigenvalue weighted by Crippen LogP contribution is 2.38. The molecular formula is C23H27NO5. The van der Waals surface area contributed by atoms with Crippen LogP contribution in [0.15, 0.2) is 36.4 Å². The summed E-state index contributed by atoms with van der Waals surface area (Å²) in [6.07, 6.45) is 0.937. The molecule has 2 aromatic rings. The van der Waals surface area contributed by atoms with Crippen molar-refractivity contribution in [2.24, 2.45) is 0 Å². The van der Waals surface area contributed by atoms with Crippen molar-refractivity contribution in [1.29, 1.82) is 0 Å². The van der Waals surface area contributed by atoms with Crippen molar-refractivity contribution in [1.82, 2.24) is 4.90 Å². The molecule has 0 atom stereocenters. The fraction of sp³-hybridized carbons (Fsp3) is 0.391. The van der Waals surface area contributed by atoms with Gasteiger partial charge in [-0.3, -0.25) is 9.59 Å². The Balaban J connectivity index is 2.02. The van der Waals surface area contributed by atoms with Gasteiger partial charge in [0.05, 0.1) is 13.5 Å². The number of carboxylic acid groups (broad SMARTS) is 1. The molecule has 1 fully saturated rings. The van der Waals surface area contributed by atoms with Crippen LogP contribution in [-0.4, -0.2) is 46.2 Å². The first-order chi connectivity index (χ1) is 13.8. The molecule has 1 aliphatic carbocycles. The van der Waals surface area contributed by atoms with E-state index in [-0.39, 0.29) is 12.3 Å². The maximum atomic E-state index is 12.7. The summed E-state index contributed by atoms with van der Waals surface area (Å²) in [6.45, 7) is 4.73. The summed E-state index contributed by atoms with van der Waals surface area (Å²) in [5, 5.41) is 19.4. The lowest BCUT2D eigenvalue weighted by Gasteiger charge is -2.25. The molecule has 6 nitrogen and oxygen atoms in total. The van der Waals surface area contributed by atoms with Crippen LogP contribution in [0.1, 0.15) is 36.5 Å². The zero-order valence-corrected chi connectivity index (χ0v) is 17.1. The molecule has 0 radical (unpaired) electrons. The first kappa shape index (κ1) is 20.9. The van der Waals surface area contributed by atoms with Crippen LogP contribution < -0.4 is 4.74 Å². The highest BCUT2D eigenvalue weighted by Gasteiger charge is 2.49. The van der Waals surface area contributed by atoms with Gasteiger partial charge >= 0.3 is 5.97 Å². The van der Waals surface area contributed by atoms with Crippen LogP contribution in [0.25, 0.3) is 11.1 Å². The number of ether oxygens (including phenoxy) is 1. The van der Waals surface area contributed by atoms with Gasteiger partial charge in [-0.05, 0) is 55.5 Å². The Morgan fingerprint density at radius 1 is 1.14 bits per heavy atom. The van der Waals surface area contributed by atoms with Crippen LogP contribution in [-0.2, 0) is 22.6 Å². The number of methoxy groups -OCH3 is 1. The second kappa shape index (κ2) is 8.25. The molecular weight excluding hydrogens is 370 g/mol. The molecule has 0 saturated heterocycles. The van der Waals surface area contributed by atoms with Crippen molar-refractivity contribution < 1.29 is 24.5 Å². The highest BCUT2D eigenvalue weighted by atomic mass is 16.5. The van der Waals surface area contributed by atoms with Gasteiger partial charge in [-0.25, -0.2) is 0 Å². The van der Waals surface area contributed by atoms with E-state index in [1.807, 2.05) is 38.1 Å². The first-order valence-corrected chi connectivity index (χ1v) is 9.77. The highest BCUT2D eigenvalue weighted by molar-refractivity contribution is 5.88. The molecule has 0 heterocycles. The van der Waals surface area contributed by atoms with Crippen LogP contribution in [0.3, 0.4) is 0 Å². The van der Waals surface area contributed by atoms with Crippen molar-refractivity contribution in [3.63, 3.8) is 0 Å². The SMILES string of the molecule is CCN(Cc1cc(C)ccc1-c1cc(CC(=O)O)ccc1OC)C(=O)C1(O)CC1. The molecule has 0 aromatic heterocycles.